The first-order valence-corrected chi connectivity index (χ1v) is 9.20. The van der Waals surface area contributed by atoms with E-state index in [2.05, 4.69) is 15.3 Å². The van der Waals surface area contributed by atoms with Crippen molar-refractivity contribution in [2.75, 3.05) is 25.1 Å². The van der Waals surface area contributed by atoms with E-state index in [4.69, 9.17) is 14.6 Å². The molecule has 0 aliphatic carbocycles. The summed E-state index contributed by atoms with van der Waals surface area (Å²) in [5, 5.41) is 11.5. The van der Waals surface area contributed by atoms with Crippen molar-refractivity contribution in [2.45, 2.75) is 5.67 Å². The molecule has 0 spiro atoms. The molecule has 0 saturated carbocycles. The molecule has 1 unspecified atom stereocenters. The number of alkyl halides is 1. The minimum Gasteiger partial charge on any atom is -0.461 e. The van der Waals surface area contributed by atoms with Crippen LogP contribution in [-0.4, -0.2) is 41.5 Å². The minimum atomic E-state index is -1.99. The summed E-state index contributed by atoms with van der Waals surface area (Å²) in [4.78, 5) is 6.57. The zero-order chi connectivity index (χ0) is 22.0. The van der Waals surface area contributed by atoms with Gasteiger partial charge in [-0.25, -0.2) is 22.6 Å². The summed E-state index contributed by atoms with van der Waals surface area (Å²) < 4.78 is 66.7. The van der Waals surface area contributed by atoms with Crippen molar-refractivity contribution < 1.29 is 32.1 Å². The van der Waals surface area contributed by atoms with Crippen molar-refractivity contribution in [3.05, 3.63) is 66.2 Å². The van der Waals surface area contributed by atoms with Gasteiger partial charge in [-0.3, -0.25) is 0 Å². The van der Waals surface area contributed by atoms with E-state index in [1.165, 1.54) is 30.5 Å². The highest BCUT2D eigenvalue weighted by Crippen LogP contribution is 2.36. The number of anilines is 1. The summed E-state index contributed by atoms with van der Waals surface area (Å²) in [7, 11) is 0. The van der Waals surface area contributed by atoms with Gasteiger partial charge in [0.1, 0.15) is 12.4 Å². The second-order valence-electron chi connectivity index (χ2n) is 6.96. The van der Waals surface area contributed by atoms with Crippen LogP contribution >= 0.6 is 0 Å². The Balaban J connectivity index is 1.53. The van der Waals surface area contributed by atoms with Crippen molar-refractivity contribution in [3.63, 3.8) is 0 Å². The lowest BCUT2D eigenvalue weighted by Crippen LogP contribution is -2.43. The highest BCUT2D eigenvalue weighted by molar-refractivity contribution is 5.89. The fourth-order valence-electron chi connectivity index (χ4n) is 2.93. The first-order chi connectivity index (χ1) is 14.9. The van der Waals surface area contributed by atoms with Gasteiger partial charge in [-0.1, -0.05) is 12.1 Å². The number of amidine groups is 1. The van der Waals surface area contributed by atoms with Crippen molar-refractivity contribution in [3.8, 4) is 22.6 Å². The molecular weight excluding hydrogens is 418 g/mol. The van der Waals surface area contributed by atoms with Crippen LogP contribution in [0.5, 0.6) is 11.5 Å². The Morgan fingerprint density at radius 1 is 1.13 bits per heavy atom. The van der Waals surface area contributed by atoms with Gasteiger partial charge in [-0.15, -0.1) is 0 Å². The molecule has 0 radical (unpaired) electrons. The number of aliphatic imine (C=N–C) groups is 1. The number of ether oxygens (including phenoxy) is 2. The SMILES string of the molecule is OCC1(F)CN=C(Nc2cc(F)c(Oc3c[nH]cc3-c3ccc(F)cc3)c(F)c2)OC1. The molecular formula is C21H17F4N3O3. The maximum absolute atomic E-state index is 14.6. The maximum atomic E-state index is 14.6. The van der Waals surface area contributed by atoms with Gasteiger partial charge < -0.3 is 24.9 Å². The number of nitrogens with zero attached hydrogens (tertiary/aromatic N) is 1. The molecule has 1 aliphatic heterocycles. The van der Waals surface area contributed by atoms with Gasteiger partial charge in [0, 0.05) is 35.8 Å². The first kappa shape index (κ1) is 20.7. The second kappa shape index (κ2) is 8.31. The lowest BCUT2D eigenvalue weighted by Gasteiger charge is -2.26. The topological polar surface area (TPSA) is 78.9 Å². The van der Waals surface area contributed by atoms with Crippen molar-refractivity contribution in [2.24, 2.45) is 4.99 Å². The van der Waals surface area contributed by atoms with Gasteiger partial charge >= 0.3 is 0 Å². The predicted molar refractivity (Wildman–Crippen MR) is 105 cm³/mol. The standard InChI is InChI=1S/C21H17F4N3O3/c22-13-3-1-12(2-4-13)15-7-26-8-18(15)31-19-16(23)5-14(6-17(19)24)28-20-27-9-21(25,10-29)11-30-20/h1-8,26,29H,9-11H2,(H,27,28). The number of hydrogen-bond donors (Lipinski definition) is 3. The lowest BCUT2D eigenvalue weighted by atomic mass is 10.1. The lowest BCUT2D eigenvalue weighted by molar-refractivity contribution is 0.0181. The molecule has 6 nitrogen and oxygen atoms in total. The number of aromatic nitrogens is 1. The first-order valence-electron chi connectivity index (χ1n) is 9.20. The molecule has 31 heavy (non-hydrogen) atoms. The summed E-state index contributed by atoms with van der Waals surface area (Å²) in [5.41, 5.74) is -0.928. The monoisotopic (exact) mass is 435 g/mol. The number of aromatic amines is 1. The minimum absolute atomic E-state index is 0.0238. The summed E-state index contributed by atoms with van der Waals surface area (Å²) in [6.45, 7) is -1.54. The number of nitrogens with one attached hydrogen (secondary N) is 2. The average molecular weight is 435 g/mol. The molecule has 3 aromatic rings. The number of rotatable bonds is 5. The molecule has 1 aromatic heterocycles. The third-order valence-electron chi connectivity index (χ3n) is 4.58. The zero-order valence-corrected chi connectivity index (χ0v) is 16.0. The van der Waals surface area contributed by atoms with Crippen LogP contribution in [0.1, 0.15) is 0 Å². The molecule has 1 aliphatic rings. The van der Waals surface area contributed by atoms with E-state index in [0.29, 0.717) is 11.1 Å². The van der Waals surface area contributed by atoms with E-state index in [9.17, 15) is 17.6 Å². The number of aliphatic hydroxyl groups excluding tert-OH is 1. The molecule has 0 bridgehead atoms. The summed E-state index contributed by atoms with van der Waals surface area (Å²) in [6.07, 6.45) is 2.98. The zero-order valence-electron chi connectivity index (χ0n) is 16.0. The highest BCUT2D eigenvalue weighted by atomic mass is 19.1. The summed E-state index contributed by atoms with van der Waals surface area (Å²) >= 11 is 0. The van der Waals surface area contributed by atoms with Crippen LogP contribution in [-0.2, 0) is 4.74 Å². The van der Waals surface area contributed by atoms with E-state index in [1.54, 1.807) is 6.20 Å². The number of H-pyrrole nitrogens is 1. The molecule has 0 saturated heterocycles. The smallest absolute Gasteiger partial charge is 0.289 e. The van der Waals surface area contributed by atoms with E-state index < -0.39 is 42.1 Å². The Kier molecular flexibility index (Phi) is 5.55. The van der Waals surface area contributed by atoms with E-state index in [0.717, 1.165) is 12.1 Å². The molecule has 4 rings (SSSR count). The van der Waals surface area contributed by atoms with Crippen molar-refractivity contribution in [1.82, 2.24) is 4.98 Å². The number of hydrogen-bond acceptors (Lipinski definition) is 5. The van der Waals surface area contributed by atoms with Crippen LogP contribution < -0.4 is 10.1 Å². The van der Waals surface area contributed by atoms with E-state index in [-0.39, 0.29) is 24.0 Å². The third kappa shape index (κ3) is 4.48. The van der Waals surface area contributed by atoms with Crippen LogP contribution in [0.15, 0.2) is 53.8 Å². The Hall–Kier alpha value is -3.53. The van der Waals surface area contributed by atoms with Crippen LogP contribution in [0.2, 0.25) is 0 Å². The van der Waals surface area contributed by atoms with Crippen LogP contribution in [0, 0.1) is 17.5 Å². The average Bonchev–Trinajstić information content (AvgIpc) is 3.21. The maximum Gasteiger partial charge on any atom is 0.289 e. The molecule has 3 N–H and O–H groups in total. The normalized spacial score (nSPS) is 18.3. The number of aliphatic hydroxyl groups is 1. The Labute approximate surface area is 174 Å². The van der Waals surface area contributed by atoms with Crippen molar-refractivity contribution >= 4 is 11.7 Å². The van der Waals surface area contributed by atoms with Gasteiger partial charge in [0.05, 0.1) is 13.2 Å². The Morgan fingerprint density at radius 2 is 1.84 bits per heavy atom. The summed E-state index contributed by atoms with van der Waals surface area (Å²) in [5.74, 6) is -2.90. The molecule has 10 heteroatoms. The molecule has 162 valence electrons. The molecule has 0 amide bonds. The fraction of sp³-hybridized carbons (Fsp3) is 0.190. The number of halogens is 4. The Bertz CT molecular complexity index is 1090. The fourth-order valence-corrected chi connectivity index (χ4v) is 2.93. The van der Waals surface area contributed by atoms with Crippen molar-refractivity contribution in [1.29, 1.82) is 0 Å². The van der Waals surface area contributed by atoms with Crippen LogP contribution in [0.3, 0.4) is 0 Å². The molecule has 1 atom stereocenters. The van der Waals surface area contributed by atoms with Crippen LogP contribution in [0.25, 0.3) is 11.1 Å². The quantitative estimate of drug-likeness (QED) is 0.520. The molecule has 2 aromatic carbocycles. The summed E-state index contributed by atoms with van der Waals surface area (Å²) in [6, 6.07) is 7.36. The van der Waals surface area contributed by atoms with Crippen LogP contribution in [0.4, 0.5) is 23.2 Å². The second-order valence-corrected chi connectivity index (χ2v) is 6.96. The largest absolute Gasteiger partial charge is 0.461 e. The third-order valence-corrected chi connectivity index (χ3v) is 4.58. The highest BCUT2D eigenvalue weighted by Gasteiger charge is 2.34. The van der Waals surface area contributed by atoms with E-state index in [1.807, 2.05) is 0 Å². The molecule has 2 heterocycles. The van der Waals surface area contributed by atoms with Gasteiger partial charge in [-0.2, -0.15) is 0 Å². The Morgan fingerprint density at radius 3 is 2.45 bits per heavy atom. The van der Waals surface area contributed by atoms with Gasteiger partial charge in [-0.05, 0) is 17.7 Å². The number of benzene rings is 2. The van der Waals surface area contributed by atoms with Gasteiger partial charge in [0.25, 0.3) is 6.02 Å². The van der Waals surface area contributed by atoms with Gasteiger partial charge in [0.2, 0.25) is 0 Å². The van der Waals surface area contributed by atoms with E-state index >= 15 is 0 Å². The molecule has 0 fully saturated rings. The van der Waals surface area contributed by atoms with Gasteiger partial charge in [0.15, 0.2) is 28.8 Å². The predicted octanol–water partition coefficient (Wildman–Crippen LogP) is 4.39.